The zero-order valence-electron chi connectivity index (χ0n) is 11.4. The topological polar surface area (TPSA) is 50.1 Å². The van der Waals surface area contributed by atoms with Gasteiger partial charge in [0.15, 0.2) is 0 Å². The Kier molecular flexibility index (Phi) is 5.15. The van der Waals surface area contributed by atoms with Crippen molar-refractivity contribution in [3.8, 4) is 0 Å². The number of aliphatic hydroxyl groups is 1. The maximum atomic E-state index is 10.2. The van der Waals surface area contributed by atoms with Crippen LogP contribution in [0.4, 0.5) is 0 Å². The highest BCUT2D eigenvalue weighted by Gasteiger charge is 2.26. The first-order valence-electron chi connectivity index (χ1n) is 6.44. The first-order valence-corrected chi connectivity index (χ1v) is 6.44. The molecule has 0 saturated carbocycles. The van der Waals surface area contributed by atoms with Gasteiger partial charge in [-0.1, -0.05) is 20.3 Å². The van der Waals surface area contributed by atoms with Crippen LogP contribution in [0.15, 0.2) is 12.4 Å². The molecule has 17 heavy (non-hydrogen) atoms. The van der Waals surface area contributed by atoms with Crippen LogP contribution in [0.3, 0.4) is 0 Å². The second kappa shape index (κ2) is 6.17. The molecule has 0 radical (unpaired) electrons. The van der Waals surface area contributed by atoms with Crippen LogP contribution in [0.2, 0.25) is 0 Å². The molecule has 0 bridgehead atoms. The summed E-state index contributed by atoms with van der Waals surface area (Å²) >= 11 is 0. The van der Waals surface area contributed by atoms with Crippen molar-refractivity contribution in [1.29, 1.82) is 0 Å². The molecule has 2 N–H and O–H groups in total. The lowest BCUT2D eigenvalue weighted by molar-refractivity contribution is 0.00535. The maximum Gasteiger partial charge on any atom is 0.0768 e. The van der Waals surface area contributed by atoms with Crippen molar-refractivity contribution in [2.45, 2.75) is 52.8 Å². The fraction of sp³-hybridized carbons (Fsp3) is 0.769. The number of rotatable bonds is 7. The molecule has 0 aliphatic rings. The monoisotopic (exact) mass is 239 g/mol. The molecule has 2 unspecified atom stereocenters. The van der Waals surface area contributed by atoms with Crippen LogP contribution in [0.1, 0.15) is 39.7 Å². The lowest BCUT2D eigenvalue weighted by Gasteiger charge is -2.29. The molecule has 0 aromatic carbocycles. The Morgan fingerprint density at radius 2 is 2.24 bits per heavy atom. The van der Waals surface area contributed by atoms with Crippen LogP contribution >= 0.6 is 0 Å². The predicted octanol–water partition coefficient (Wildman–Crippen LogP) is 1.79. The van der Waals surface area contributed by atoms with E-state index < -0.39 is 5.60 Å². The molecule has 98 valence electrons. The van der Waals surface area contributed by atoms with Crippen LogP contribution < -0.4 is 5.32 Å². The van der Waals surface area contributed by atoms with Gasteiger partial charge in [0.05, 0.1) is 11.8 Å². The summed E-state index contributed by atoms with van der Waals surface area (Å²) in [5.74, 6) is 0.299. The Balaban J connectivity index is 2.36. The first-order chi connectivity index (χ1) is 7.99. The molecule has 0 aliphatic heterocycles. The minimum absolute atomic E-state index is 0.299. The summed E-state index contributed by atoms with van der Waals surface area (Å²) in [5.41, 5.74) is 0.516. The Bertz CT molecular complexity index is 333. The molecule has 4 nitrogen and oxygen atoms in total. The van der Waals surface area contributed by atoms with Crippen molar-refractivity contribution in [1.82, 2.24) is 15.1 Å². The first kappa shape index (κ1) is 14.2. The standard InChI is InChI=1S/C13H25N3O/c1-5-11(3)13(4,17)10-14-7-12-8-15-16(6-2)9-12/h8-9,11,14,17H,5-7,10H2,1-4H3. The van der Waals surface area contributed by atoms with E-state index in [1.165, 1.54) is 0 Å². The van der Waals surface area contributed by atoms with Gasteiger partial charge in [0.25, 0.3) is 0 Å². The van der Waals surface area contributed by atoms with Gasteiger partial charge in [0.2, 0.25) is 0 Å². The fourth-order valence-corrected chi connectivity index (χ4v) is 1.74. The van der Waals surface area contributed by atoms with E-state index in [1.807, 2.05) is 24.0 Å². The van der Waals surface area contributed by atoms with E-state index in [1.54, 1.807) is 0 Å². The smallest absolute Gasteiger partial charge is 0.0768 e. The highest BCUT2D eigenvalue weighted by Crippen LogP contribution is 2.18. The second-order valence-electron chi connectivity index (χ2n) is 4.97. The minimum Gasteiger partial charge on any atom is -0.389 e. The molecule has 4 heteroatoms. The number of hydrogen-bond acceptors (Lipinski definition) is 3. The fourth-order valence-electron chi connectivity index (χ4n) is 1.74. The zero-order chi connectivity index (χ0) is 12.9. The minimum atomic E-state index is -0.643. The molecule has 2 atom stereocenters. The molecule has 1 aromatic heterocycles. The number of nitrogens with zero attached hydrogens (tertiary/aromatic N) is 2. The number of aromatic nitrogens is 2. The van der Waals surface area contributed by atoms with Crippen LogP contribution in [0.25, 0.3) is 0 Å². The van der Waals surface area contributed by atoms with Crippen molar-refractivity contribution in [2.75, 3.05) is 6.54 Å². The summed E-state index contributed by atoms with van der Waals surface area (Å²) in [5, 5.41) is 17.7. The molecular weight excluding hydrogens is 214 g/mol. The van der Waals surface area contributed by atoms with Gasteiger partial charge in [0, 0.05) is 31.4 Å². The van der Waals surface area contributed by atoms with Gasteiger partial charge in [-0.3, -0.25) is 4.68 Å². The molecule has 0 fully saturated rings. The third-order valence-corrected chi connectivity index (χ3v) is 3.50. The maximum absolute atomic E-state index is 10.2. The van der Waals surface area contributed by atoms with Crippen molar-refractivity contribution in [3.63, 3.8) is 0 Å². The van der Waals surface area contributed by atoms with E-state index >= 15 is 0 Å². The van der Waals surface area contributed by atoms with Crippen molar-refractivity contribution in [3.05, 3.63) is 18.0 Å². The van der Waals surface area contributed by atoms with Crippen LogP contribution in [-0.4, -0.2) is 27.0 Å². The Labute approximate surface area is 104 Å². The highest BCUT2D eigenvalue weighted by molar-refractivity contribution is 5.03. The largest absolute Gasteiger partial charge is 0.389 e. The van der Waals surface area contributed by atoms with Gasteiger partial charge < -0.3 is 10.4 Å². The van der Waals surface area contributed by atoms with Crippen molar-refractivity contribution >= 4 is 0 Å². The second-order valence-corrected chi connectivity index (χ2v) is 4.97. The van der Waals surface area contributed by atoms with E-state index in [-0.39, 0.29) is 0 Å². The molecule has 1 heterocycles. The average molecular weight is 239 g/mol. The van der Waals surface area contributed by atoms with Crippen LogP contribution in [-0.2, 0) is 13.1 Å². The van der Waals surface area contributed by atoms with E-state index in [2.05, 4.69) is 31.2 Å². The van der Waals surface area contributed by atoms with Gasteiger partial charge in [-0.05, 0) is 19.8 Å². The number of aryl methyl sites for hydroxylation is 1. The molecule has 0 aliphatic carbocycles. The summed E-state index contributed by atoms with van der Waals surface area (Å²) in [6, 6.07) is 0. The molecule has 0 saturated heterocycles. The van der Waals surface area contributed by atoms with Gasteiger partial charge in [0.1, 0.15) is 0 Å². The molecule has 0 spiro atoms. The summed E-state index contributed by atoms with van der Waals surface area (Å²) < 4.78 is 1.91. The average Bonchev–Trinajstić information content (AvgIpc) is 2.75. The van der Waals surface area contributed by atoms with E-state index in [9.17, 15) is 5.11 Å². The summed E-state index contributed by atoms with van der Waals surface area (Å²) in [6.07, 6.45) is 4.89. The Morgan fingerprint density at radius 1 is 1.53 bits per heavy atom. The molecule has 1 rings (SSSR count). The van der Waals surface area contributed by atoms with E-state index in [0.29, 0.717) is 12.5 Å². The van der Waals surface area contributed by atoms with Crippen molar-refractivity contribution in [2.24, 2.45) is 5.92 Å². The normalized spacial score (nSPS) is 16.8. The third-order valence-electron chi connectivity index (χ3n) is 3.50. The lowest BCUT2D eigenvalue weighted by atomic mass is 9.88. The van der Waals surface area contributed by atoms with Gasteiger partial charge in [-0.25, -0.2) is 0 Å². The summed E-state index contributed by atoms with van der Waals surface area (Å²) in [4.78, 5) is 0. The summed E-state index contributed by atoms with van der Waals surface area (Å²) in [6.45, 7) is 10.4. The molecule has 1 aromatic rings. The van der Waals surface area contributed by atoms with Crippen molar-refractivity contribution < 1.29 is 5.11 Å². The van der Waals surface area contributed by atoms with Gasteiger partial charge in [-0.2, -0.15) is 5.10 Å². The van der Waals surface area contributed by atoms with E-state index in [0.717, 1.165) is 25.1 Å². The lowest BCUT2D eigenvalue weighted by Crippen LogP contribution is -2.42. The quantitative estimate of drug-likeness (QED) is 0.762. The number of hydrogen-bond donors (Lipinski definition) is 2. The van der Waals surface area contributed by atoms with Gasteiger partial charge in [-0.15, -0.1) is 0 Å². The summed E-state index contributed by atoms with van der Waals surface area (Å²) in [7, 11) is 0. The molecular formula is C13H25N3O. The highest BCUT2D eigenvalue weighted by atomic mass is 16.3. The van der Waals surface area contributed by atoms with Gasteiger partial charge >= 0.3 is 0 Å². The SMILES string of the molecule is CCC(C)C(C)(O)CNCc1cnn(CC)c1. The Hall–Kier alpha value is -0.870. The third kappa shape index (κ3) is 4.13. The van der Waals surface area contributed by atoms with E-state index in [4.69, 9.17) is 0 Å². The van der Waals surface area contributed by atoms with Crippen LogP contribution in [0.5, 0.6) is 0 Å². The van der Waals surface area contributed by atoms with Crippen LogP contribution in [0, 0.1) is 5.92 Å². The zero-order valence-corrected chi connectivity index (χ0v) is 11.4. The molecule has 0 amide bonds. The Morgan fingerprint density at radius 3 is 2.76 bits per heavy atom. The predicted molar refractivity (Wildman–Crippen MR) is 69.7 cm³/mol. The number of nitrogens with one attached hydrogen (secondary N) is 1.